The van der Waals surface area contributed by atoms with Gasteiger partial charge in [-0.05, 0) is 56.5 Å². The van der Waals surface area contributed by atoms with Crippen LogP contribution in [0.1, 0.15) is 25.3 Å². The Balaban J connectivity index is 1.22. The van der Waals surface area contributed by atoms with Crippen molar-refractivity contribution in [1.82, 2.24) is 14.2 Å². The van der Waals surface area contributed by atoms with Gasteiger partial charge in [0.2, 0.25) is 15.9 Å². The lowest BCUT2D eigenvalue weighted by Crippen LogP contribution is -2.55. The molecule has 8 heteroatoms. The van der Waals surface area contributed by atoms with Gasteiger partial charge in [-0.25, -0.2) is 8.42 Å². The third-order valence-electron chi connectivity index (χ3n) is 7.29. The van der Waals surface area contributed by atoms with Gasteiger partial charge in [0.15, 0.2) is 0 Å². The van der Waals surface area contributed by atoms with Crippen LogP contribution in [0, 0.1) is 12.8 Å². The Morgan fingerprint density at radius 3 is 2.46 bits per heavy atom. The molecule has 2 saturated heterocycles. The standard InChI is InChI=1S/C27H32N4O3S/c1-20-6-3-9-24(18-20)31-17-16-29(19-21(31)2)27(32)23-11-14-30(15-12-23)35(33,34)25-10-4-7-22-8-5-13-28-26(22)25/h3-10,13,18,21,23H,11-12,14-17,19H2,1-2H3/t21-/m0/s1. The van der Waals surface area contributed by atoms with Crippen LogP contribution in [0.2, 0.25) is 0 Å². The summed E-state index contributed by atoms with van der Waals surface area (Å²) in [5.74, 6) is 0.0226. The number of anilines is 1. The Bertz CT molecular complexity index is 1330. The molecule has 0 bridgehead atoms. The number of piperidine rings is 1. The quantitative estimate of drug-likeness (QED) is 0.556. The maximum atomic E-state index is 13.4. The van der Waals surface area contributed by atoms with Gasteiger partial charge in [-0.2, -0.15) is 4.31 Å². The summed E-state index contributed by atoms with van der Waals surface area (Å²) >= 11 is 0. The molecule has 1 aromatic heterocycles. The number of sulfonamides is 1. The highest BCUT2D eigenvalue weighted by atomic mass is 32.2. The van der Waals surface area contributed by atoms with Crippen molar-refractivity contribution in [3.63, 3.8) is 0 Å². The first-order valence-electron chi connectivity index (χ1n) is 12.3. The van der Waals surface area contributed by atoms with E-state index in [0.717, 1.165) is 11.9 Å². The first-order valence-corrected chi connectivity index (χ1v) is 13.7. The van der Waals surface area contributed by atoms with E-state index >= 15 is 0 Å². The van der Waals surface area contributed by atoms with Crippen molar-refractivity contribution < 1.29 is 13.2 Å². The summed E-state index contributed by atoms with van der Waals surface area (Å²) in [6.07, 6.45) is 2.71. The number of pyridine rings is 1. The fourth-order valence-corrected chi connectivity index (χ4v) is 7.01. The molecule has 3 heterocycles. The molecular formula is C27H32N4O3S. The van der Waals surface area contributed by atoms with Gasteiger partial charge in [-0.15, -0.1) is 0 Å². The van der Waals surface area contributed by atoms with Crippen LogP contribution >= 0.6 is 0 Å². The summed E-state index contributed by atoms with van der Waals surface area (Å²) in [7, 11) is -3.67. The molecule has 184 valence electrons. The van der Waals surface area contributed by atoms with E-state index < -0.39 is 10.0 Å². The highest BCUT2D eigenvalue weighted by Crippen LogP contribution is 2.29. The summed E-state index contributed by atoms with van der Waals surface area (Å²) in [4.78, 5) is 22.2. The van der Waals surface area contributed by atoms with Crippen molar-refractivity contribution >= 4 is 32.5 Å². The molecule has 35 heavy (non-hydrogen) atoms. The molecule has 0 spiro atoms. The monoisotopic (exact) mass is 492 g/mol. The number of hydrogen-bond donors (Lipinski definition) is 0. The molecule has 2 aliphatic heterocycles. The summed E-state index contributed by atoms with van der Waals surface area (Å²) in [5.41, 5.74) is 2.92. The SMILES string of the molecule is Cc1cccc(N2CCN(C(=O)C3CCN(S(=O)(=O)c4cccc5cccnc45)CC3)C[C@@H]2C)c1. The maximum absolute atomic E-state index is 13.4. The number of aryl methyl sites for hydroxylation is 1. The maximum Gasteiger partial charge on any atom is 0.245 e. The first kappa shape index (κ1) is 23.8. The fourth-order valence-electron chi connectivity index (χ4n) is 5.37. The van der Waals surface area contributed by atoms with E-state index in [1.807, 2.05) is 17.0 Å². The number of para-hydroxylation sites is 1. The molecule has 0 aliphatic carbocycles. The van der Waals surface area contributed by atoms with Crippen molar-refractivity contribution in [3.8, 4) is 0 Å². The third kappa shape index (κ3) is 4.65. The molecule has 0 saturated carbocycles. The number of piperazine rings is 1. The van der Waals surface area contributed by atoms with Crippen molar-refractivity contribution in [2.45, 2.75) is 37.6 Å². The van der Waals surface area contributed by atoms with E-state index in [4.69, 9.17) is 0 Å². The number of carbonyl (C=O) groups excluding carboxylic acids is 1. The zero-order valence-corrected chi connectivity index (χ0v) is 21.1. The topological polar surface area (TPSA) is 73.8 Å². The Morgan fingerprint density at radius 2 is 1.71 bits per heavy atom. The third-order valence-corrected chi connectivity index (χ3v) is 9.22. The summed E-state index contributed by atoms with van der Waals surface area (Å²) in [6.45, 7) is 7.13. The van der Waals surface area contributed by atoms with Crippen LogP contribution in [0.4, 0.5) is 5.69 Å². The van der Waals surface area contributed by atoms with Crippen molar-refractivity contribution in [2.24, 2.45) is 5.92 Å². The summed E-state index contributed by atoms with van der Waals surface area (Å²) < 4.78 is 28.3. The molecule has 7 nitrogen and oxygen atoms in total. The Hall–Kier alpha value is -2.97. The molecular weight excluding hydrogens is 460 g/mol. The average Bonchev–Trinajstić information content (AvgIpc) is 2.88. The van der Waals surface area contributed by atoms with Gasteiger partial charge in [0.05, 0.1) is 5.52 Å². The zero-order chi connectivity index (χ0) is 24.6. The highest BCUT2D eigenvalue weighted by molar-refractivity contribution is 7.89. The van der Waals surface area contributed by atoms with Gasteiger partial charge < -0.3 is 9.80 Å². The van der Waals surface area contributed by atoms with Gasteiger partial charge in [0, 0.05) is 62.0 Å². The molecule has 0 unspecified atom stereocenters. The number of hydrogen-bond acceptors (Lipinski definition) is 5. The predicted molar refractivity (Wildman–Crippen MR) is 138 cm³/mol. The van der Waals surface area contributed by atoms with Crippen LogP contribution < -0.4 is 4.90 Å². The number of amides is 1. The summed E-state index contributed by atoms with van der Waals surface area (Å²) in [6, 6.07) is 17.6. The molecule has 2 aromatic carbocycles. The molecule has 0 radical (unpaired) electrons. The molecule has 1 atom stereocenters. The number of rotatable bonds is 4. The highest BCUT2D eigenvalue weighted by Gasteiger charge is 2.36. The predicted octanol–water partition coefficient (Wildman–Crippen LogP) is 3.68. The van der Waals surface area contributed by atoms with Gasteiger partial charge in [0.1, 0.15) is 4.90 Å². The Labute approximate surface area is 207 Å². The van der Waals surface area contributed by atoms with Gasteiger partial charge in [-0.1, -0.05) is 30.3 Å². The zero-order valence-electron chi connectivity index (χ0n) is 20.3. The minimum absolute atomic E-state index is 0.134. The first-order chi connectivity index (χ1) is 16.8. The largest absolute Gasteiger partial charge is 0.365 e. The Morgan fingerprint density at radius 1 is 0.971 bits per heavy atom. The number of benzene rings is 2. The van der Waals surface area contributed by atoms with Crippen LogP contribution in [0.3, 0.4) is 0 Å². The molecule has 1 amide bonds. The minimum Gasteiger partial charge on any atom is -0.365 e. The second-order valence-electron chi connectivity index (χ2n) is 9.68. The number of carbonyl (C=O) groups is 1. The minimum atomic E-state index is -3.67. The fraction of sp³-hybridized carbons (Fsp3) is 0.407. The lowest BCUT2D eigenvalue weighted by atomic mass is 9.95. The van der Waals surface area contributed by atoms with Crippen LogP contribution in [-0.4, -0.2) is 67.3 Å². The number of aromatic nitrogens is 1. The van der Waals surface area contributed by atoms with Gasteiger partial charge >= 0.3 is 0 Å². The van der Waals surface area contributed by atoms with Crippen molar-refractivity contribution in [1.29, 1.82) is 0 Å². The van der Waals surface area contributed by atoms with Gasteiger partial charge in [0.25, 0.3) is 0 Å². The van der Waals surface area contributed by atoms with E-state index in [-0.39, 0.29) is 22.8 Å². The van der Waals surface area contributed by atoms with Crippen LogP contribution in [0.15, 0.2) is 65.7 Å². The normalized spacial score (nSPS) is 20.3. The number of nitrogens with zero attached hydrogens (tertiary/aromatic N) is 4. The van der Waals surface area contributed by atoms with Gasteiger partial charge in [-0.3, -0.25) is 9.78 Å². The van der Waals surface area contributed by atoms with Crippen LogP contribution in [-0.2, 0) is 14.8 Å². The lowest BCUT2D eigenvalue weighted by molar-refractivity contribution is -0.137. The van der Waals surface area contributed by atoms with E-state index in [0.29, 0.717) is 44.5 Å². The van der Waals surface area contributed by atoms with Crippen LogP contribution in [0.25, 0.3) is 10.9 Å². The molecule has 3 aromatic rings. The van der Waals surface area contributed by atoms with E-state index in [2.05, 4.69) is 48.0 Å². The molecule has 2 aliphatic rings. The second-order valence-corrected chi connectivity index (χ2v) is 11.6. The van der Waals surface area contributed by atoms with Crippen molar-refractivity contribution in [3.05, 3.63) is 66.4 Å². The molecule has 5 rings (SSSR count). The van der Waals surface area contributed by atoms with E-state index in [9.17, 15) is 13.2 Å². The summed E-state index contributed by atoms with van der Waals surface area (Å²) in [5, 5.41) is 0.803. The Kier molecular flexibility index (Phi) is 6.51. The van der Waals surface area contributed by atoms with Crippen LogP contribution in [0.5, 0.6) is 0 Å². The van der Waals surface area contributed by atoms with Crippen molar-refractivity contribution in [2.75, 3.05) is 37.6 Å². The molecule has 2 fully saturated rings. The lowest BCUT2D eigenvalue weighted by Gasteiger charge is -2.43. The second kappa shape index (κ2) is 9.59. The van der Waals surface area contributed by atoms with E-state index in [1.54, 1.807) is 24.4 Å². The molecule has 0 N–H and O–H groups in total. The smallest absolute Gasteiger partial charge is 0.245 e. The number of fused-ring (bicyclic) bond motifs is 1. The van der Waals surface area contributed by atoms with E-state index in [1.165, 1.54) is 15.6 Å². The average molecular weight is 493 g/mol.